The molecule has 0 fully saturated rings. The second-order valence-corrected chi connectivity index (χ2v) is 17.5. The zero-order valence-corrected chi connectivity index (χ0v) is 40.3. The van der Waals surface area contributed by atoms with Gasteiger partial charge in [-0.05, 0) is 83.5 Å². The highest BCUT2D eigenvalue weighted by atomic mass is 16.5. The number of amides is 1. The average Bonchev–Trinajstić information content (AvgIpc) is 3.25. The van der Waals surface area contributed by atoms with Crippen molar-refractivity contribution in [2.24, 2.45) is 0 Å². The van der Waals surface area contributed by atoms with Gasteiger partial charge >= 0.3 is 5.97 Å². The van der Waals surface area contributed by atoms with Crippen molar-refractivity contribution in [3.63, 3.8) is 0 Å². The van der Waals surface area contributed by atoms with Gasteiger partial charge in [-0.15, -0.1) is 0 Å². The van der Waals surface area contributed by atoms with Gasteiger partial charge in [0.2, 0.25) is 5.91 Å². The molecule has 6 nitrogen and oxygen atoms in total. The van der Waals surface area contributed by atoms with E-state index in [1.54, 1.807) is 0 Å². The van der Waals surface area contributed by atoms with Gasteiger partial charge in [0.25, 0.3) is 0 Å². The fourth-order valence-corrected chi connectivity index (χ4v) is 7.66. The molecule has 0 aliphatic heterocycles. The molecular weight excluding hydrogens is 755 g/mol. The maximum atomic E-state index is 13.2. The zero-order chi connectivity index (χ0) is 44.5. The van der Waals surface area contributed by atoms with Crippen molar-refractivity contribution in [1.82, 2.24) is 5.32 Å². The molecule has 0 aliphatic rings. The highest BCUT2D eigenvalue weighted by molar-refractivity contribution is 5.77. The normalized spacial score (nSPS) is 13.7. The number of carbonyl (C=O) groups excluding carboxylic acids is 2. The summed E-state index contributed by atoms with van der Waals surface area (Å²) in [6.07, 6.45) is 60.0. The highest BCUT2D eigenvalue weighted by Crippen LogP contribution is 2.17. The summed E-state index contributed by atoms with van der Waals surface area (Å²) < 4.78 is 5.89. The Morgan fingerprint density at radius 1 is 0.492 bits per heavy atom. The van der Waals surface area contributed by atoms with Crippen LogP contribution >= 0.6 is 0 Å². The molecule has 0 aromatic heterocycles. The highest BCUT2D eigenvalue weighted by Gasteiger charge is 2.24. The Kier molecular flexibility index (Phi) is 46.6. The second kappa shape index (κ2) is 48.6. The first-order valence-electron chi connectivity index (χ1n) is 26.0. The summed E-state index contributed by atoms with van der Waals surface area (Å²) in [5.74, 6) is -0.546. The van der Waals surface area contributed by atoms with Gasteiger partial charge < -0.3 is 20.3 Å². The van der Waals surface area contributed by atoms with Crippen LogP contribution in [0, 0.1) is 0 Å². The number of nitrogens with one attached hydrogen (secondary N) is 1. The molecule has 0 heterocycles. The third-order valence-electron chi connectivity index (χ3n) is 11.6. The minimum absolute atomic E-state index is 0.0333. The lowest BCUT2D eigenvalue weighted by atomic mass is 10.0. The Morgan fingerprint density at radius 3 is 1.39 bits per heavy atom. The van der Waals surface area contributed by atoms with E-state index in [2.05, 4.69) is 86.8 Å². The molecule has 0 rings (SSSR count). The Labute approximate surface area is 378 Å². The number of unbranched alkanes of at least 4 members (excludes halogenated alkanes) is 24. The van der Waals surface area contributed by atoms with Gasteiger partial charge in [0, 0.05) is 6.42 Å². The molecule has 0 aliphatic carbocycles. The fourth-order valence-electron chi connectivity index (χ4n) is 7.66. The maximum Gasteiger partial charge on any atom is 0.306 e. The van der Waals surface area contributed by atoms with E-state index in [1.165, 1.54) is 116 Å². The number of ether oxygens (including phenoxy) is 1. The molecule has 0 bridgehead atoms. The van der Waals surface area contributed by atoms with Crippen LogP contribution < -0.4 is 5.32 Å². The van der Waals surface area contributed by atoms with Gasteiger partial charge in [-0.1, -0.05) is 216 Å². The summed E-state index contributed by atoms with van der Waals surface area (Å²) in [7, 11) is 0. The Morgan fingerprint density at radius 2 is 0.902 bits per heavy atom. The van der Waals surface area contributed by atoms with E-state index in [0.29, 0.717) is 19.3 Å². The summed E-state index contributed by atoms with van der Waals surface area (Å²) in [5, 5.41) is 23.8. The Bertz CT molecular complexity index is 1090. The molecule has 61 heavy (non-hydrogen) atoms. The molecule has 3 N–H and O–H groups in total. The van der Waals surface area contributed by atoms with Crippen LogP contribution in [0.5, 0.6) is 0 Å². The third kappa shape index (κ3) is 44.0. The van der Waals surface area contributed by atoms with Crippen molar-refractivity contribution in [1.29, 1.82) is 0 Å². The van der Waals surface area contributed by atoms with Gasteiger partial charge in [-0.25, -0.2) is 0 Å². The summed E-state index contributed by atoms with van der Waals surface area (Å²) in [6, 6.07) is -0.722. The van der Waals surface area contributed by atoms with Crippen LogP contribution in [-0.4, -0.2) is 46.9 Å². The number of hydrogen-bond donors (Lipinski definition) is 3. The molecular formula is C55H99NO5. The quantitative estimate of drug-likeness (QED) is 0.0322. The van der Waals surface area contributed by atoms with E-state index < -0.39 is 18.2 Å². The topological polar surface area (TPSA) is 95.9 Å². The van der Waals surface area contributed by atoms with Gasteiger partial charge in [0.05, 0.1) is 25.2 Å². The van der Waals surface area contributed by atoms with Gasteiger partial charge in [-0.2, -0.15) is 0 Å². The molecule has 354 valence electrons. The zero-order valence-electron chi connectivity index (χ0n) is 40.3. The van der Waals surface area contributed by atoms with Crippen molar-refractivity contribution in [2.75, 3.05) is 6.61 Å². The number of aliphatic hydroxyl groups excluding tert-OH is 2. The minimum Gasteiger partial charge on any atom is -0.462 e. The van der Waals surface area contributed by atoms with Crippen molar-refractivity contribution < 1.29 is 24.5 Å². The van der Waals surface area contributed by atoms with Crippen LogP contribution in [0.4, 0.5) is 0 Å². The van der Waals surface area contributed by atoms with Gasteiger partial charge in [0.15, 0.2) is 0 Å². The van der Waals surface area contributed by atoms with E-state index >= 15 is 0 Å². The number of hydrogen-bond acceptors (Lipinski definition) is 5. The van der Waals surface area contributed by atoms with Gasteiger partial charge in [0.1, 0.15) is 6.10 Å². The van der Waals surface area contributed by atoms with E-state index in [0.717, 1.165) is 89.9 Å². The monoisotopic (exact) mass is 854 g/mol. The van der Waals surface area contributed by atoms with Gasteiger partial charge in [-0.3, -0.25) is 9.59 Å². The summed E-state index contributed by atoms with van der Waals surface area (Å²) in [4.78, 5) is 26.1. The predicted molar refractivity (Wildman–Crippen MR) is 264 cm³/mol. The number of carbonyl (C=O) groups is 2. The average molecular weight is 854 g/mol. The predicted octanol–water partition coefficient (Wildman–Crippen LogP) is 15.6. The third-order valence-corrected chi connectivity index (χ3v) is 11.6. The molecule has 3 atom stereocenters. The first kappa shape index (κ1) is 58.6. The first-order valence-corrected chi connectivity index (χ1v) is 26.0. The van der Waals surface area contributed by atoms with Crippen molar-refractivity contribution >= 4 is 11.9 Å². The lowest BCUT2D eigenvalue weighted by Crippen LogP contribution is -2.46. The summed E-state index contributed by atoms with van der Waals surface area (Å²) >= 11 is 0. The Balaban J connectivity index is 4.65. The molecule has 0 saturated heterocycles. The SMILES string of the molecule is CC/C=C/C/C=C/C/C=C/C/C=C/CCCC(CC(=O)NC(CO)C(O)CCCCCCCCCCCCCCCCC)OC(=O)CCCCC/C=C\CCCCCCCC. The van der Waals surface area contributed by atoms with Crippen molar-refractivity contribution in [2.45, 2.75) is 270 Å². The van der Waals surface area contributed by atoms with Crippen LogP contribution in [0.15, 0.2) is 60.8 Å². The van der Waals surface area contributed by atoms with Crippen molar-refractivity contribution in [3.05, 3.63) is 60.8 Å². The second-order valence-electron chi connectivity index (χ2n) is 17.5. The first-order chi connectivity index (χ1) is 30.0. The van der Waals surface area contributed by atoms with Crippen LogP contribution in [0.25, 0.3) is 0 Å². The van der Waals surface area contributed by atoms with Crippen LogP contribution in [0.3, 0.4) is 0 Å². The largest absolute Gasteiger partial charge is 0.462 e. The molecule has 0 spiro atoms. The summed E-state index contributed by atoms with van der Waals surface area (Å²) in [5.41, 5.74) is 0. The van der Waals surface area contributed by atoms with E-state index in [9.17, 15) is 19.8 Å². The smallest absolute Gasteiger partial charge is 0.306 e. The molecule has 0 saturated carbocycles. The lowest BCUT2D eigenvalue weighted by Gasteiger charge is -2.24. The lowest BCUT2D eigenvalue weighted by molar-refractivity contribution is -0.151. The standard InChI is InChI=1S/C55H99NO5/c1-4-7-10-13-16-19-22-25-27-30-32-35-38-41-44-47-53(58)52(50-57)56-54(59)49-51(46-43-40-37-34-31-29-26-23-20-17-14-11-8-5-2)61-55(60)48-45-42-39-36-33-28-24-21-18-15-12-9-6-3/h8,11,17,20,26,28-29,33-34,37,51-53,57-58H,4-7,9-10,12-16,18-19,21-25,27,30-32,35-36,38-50H2,1-3H3,(H,56,59)/b11-8+,20-17+,29-26+,33-28-,37-34+. The van der Waals surface area contributed by atoms with Crippen LogP contribution in [0.2, 0.25) is 0 Å². The maximum absolute atomic E-state index is 13.2. The van der Waals surface area contributed by atoms with E-state index in [-0.39, 0.29) is 24.9 Å². The molecule has 6 heteroatoms. The number of allylic oxidation sites excluding steroid dienone is 10. The molecule has 1 amide bonds. The molecule has 0 aromatic carbocycles. The number of esters is 1. The van der Waals surface area contributed by atoms with Crippen LogP contribution in [-0.2, 0) is 14.3 Å². The minimum atomic E-state index is -0.805. The van der Waals surface area contributed by atoms with Crippen molar-refractivity contribution in [3.8, 4) is 0 Å². The fraction of sp³-hybridized carbons (Fsp3) is 0.782. The molecule has 0 radical (unpaired) electrons. The summed E-state index contributed by atoms with van der Waals surface area (Å²) in [6.45, 7) is 6.35. The van der Waals surface area contributed by atoms with Crippen LogP contribution in [0.1, 0.15) is 252 Å². The molecule has 0 aromatic rings. The Hall–Kier alpha value is -2.44. The number of aliphatic hydroxyl groups is 2. The number of rotatable bonds is 46. The molecule has 3 unspecified atom stereocenters. The van der Waals surface area contributed by atoms with E-state index in [4.69, 9.17) is 4.74 Å². The van der Waals surface area contributed by atoms with E-state index in [1.807, 2.05) is 0 Å².